The van der Waals surface area contributed by atoms with Crippen LogP contribution in [0.3, 0.4) is 0 Å². The Hall–Kier alpha value is -0.470. The second kappa shape index (κ2) is 8.24. The zero-order valence-corrected chi connectivity index (χ0v) is 14.2. The summed E-state index contributed by atoms with van der Waals surface area (Å²) in [6.07, 6.45) is 2.64. The molecule has 0 amide bonds. The molecule has 0 spiro atoms. The van der Waals surface area contributed by atoms with E-state index in [9.17, 15) is 8.42 Å². The van der Waals surface area contributed by atoms with Crippen LogP contribution in [0.1, 0.15) is 25.3 Å². The van der Waals surface area contributed by atoms with Crippen molar-refractivity contribution in [3.63, 3.8) is 0 Å². The van der Waals surface area contributed by atoms with Crippen LogP contribution in [-0.4, -0.2) is 45.4 Å². The van der Waals surface area contributed by atoms with Gasteiger partial charge >= 0.3 is 0 Å². The molecule has 0 unspecified atom stereocenters. The quantitative estimate of drug-likeness (QED) is 0.758. The van der Waals surface area contributed by atoms with Crippen molar-refractivity contribution >= 4 is 21.5 Å². The molecule has 0 aromatic carbocycles. The third kappa shape index (κ3) is 5.34. The van der Waals surface area contributed by atoms with Gasteiger partial charge in [0.05, 0.1) is 0 Å². The first kappa shape index (κ1) is 16.9. The molecule has 2 N–H and O–H groups in total. The number of nitrogens with zero attached hydrogens (tertiary/aromatic N) is 1. The predicted octanol–water partition coefficient (Wildman–Crippen LogP) is 1.45. The summed E-state index contributed by atoms with van der Waals surface area (Å²) < 4.78 is 28.8. The molecular formula is C14H25N3O2S2. The van der Waals surface area contributed by atoms with Crippen molar-refractivity contribution < 1.29 is 8.42 Å². The van der Waals surface area contributed by atoms with E-state index in [2.05, 4.69) is 22.3 Å². The topological polar surface area (TPSA) is 61.4 Å². The minimum absolute atomic E-state index is 0.469. The van der Waals surface area contributed by atoms with E-state index in [1.54, 1.807) is 15.6 Å². The van der Waals surface area contributed by atoms with Crippen LogP contribution in [0.2, 0.25) is 0 Å². The largest absolute Gasteiger partial charge is 0.317 e. The highest BCUT2D eigenvalue weighted by molar-refractivity contribution is 7.87. The molecule has 0 bridgehead atoms. The molecular weight excluding hydrogens is 306 g/mol. The van der Waals surface area contributed by atoms with Gasteiger partial charge in [0, 0.05) is 19.6 Å². The van der Waals surface area contributed by atoms with Crippen molar-refractivity contribution in [2.75, 3.05) is 32.7 Å². The summed E-state index contributed by atoms with van der Waals surface area (Å²) in [5, 5.41) is 7.41. The molecule has 5 nitrogen and oxygen atoms in total. The standard InChI is InChI=1S/C14H25N3O2S2/c1-2-15-11-13-4-8-17(9-5-13)21(18,19)16-7-3-14-6-10-20-12-14/h6,10,12-13,15-16H,2-5,7-9,11H2,1H3. The SMILES string of the molecule is CCNCC1CCN(S(=O)(=O)NCCc2ccsc2)CC1. The lowest BCUT2D eigenvalue weighted by molar-refractivity contribution is 0.266. The van der Waals surface area contributed by atoms with E-state index >= 15 is 0 Å². The highest BCUT2D eigenvalue weighted by Crippen LogP contribution is 2.18. The number of nitrogens with one attached hydrogen (secondary N) is 2. The molecule has 1 fully saturated rings. The van der Waals surface area contributed by atoms with Crippen LogP contribution < -0.4 is 10.0 Å². The van der Waals surface area contributed by atoms with E-state index in [-0.39, 0.29) is 0 Å². The lowest BCUT2D eigenvalue weighted by atomic mass is 9.98. The van der Waals surface area contributed by atoms with Crippen LogP contribution in [0.4, 0.5) is 0 Å². The normalized spacial score (nSPS) is 18.1. The van der Waals surface area contributed by atoms with Gasteiger partial charge < -0.3 is 5.32 Å². The fourth-order valence-corrected chi connectivity index (χ4v) is 4.49. The third-order valence-electron chi connectivity index (χ3n) is 3.87. The van der Waals surface area contributed by atoms with Crippen LogP contribution >= 0.6 is 11.3 Å². The molecule has 1 aromatic rings. The summed E-state index contributed by atoms with van der Waals surface area (Å²) in [5.74, 6) is 0.599. The van der Waals surface area contributed by atoms with Gasteiger partial charge in [0.2, 0.25) is 0 Å². The molecule has 0 saturated carbocycles. The van der Waals surface area contributed by atoms with Crippen molar-refractivity contribution in [2.24, 2.45) is 5.92 Å². The smallest absolute Gasteiger partial charge is 0.279 e. The number of rotatable bonds is 8. The molecule has 1 aliphatic rings. The van der Waals surface area contributed by atoms with Crippen molar-refractivity contribution in [3.8, 4) is 0 Å². The number of hydrogen-bond donors (Lipinski definition) is 2. The van der Waals surface area contributed by atoms with Gasteiger partial charge in [-0.1, -0.05) is 6.92 Å². The first-order valence-corrected chi connectivity index (χ1v) is 9.96. The Morgan fingerprint density at radius 2 is 2.14 bits per heavy atom. The summed E-state index contributed by atoms with van der Waals surface area (Å²) in [6, 6.07) is 2.03. The Morgan fingerprint density at radius 3 is 2.76 bits per heavy atom. The molecule has 0 atom stereocenters. The third-order valence-corrected chi connectivity index (χ3v) is 6.22. The molecule has 7 heteroatoms. The number of piperidine rings is 1. The highest BCUT2D eigenvalue weighted by Gasteiger charge is 2.27. The van der Waals surface area contributed by atoms with Crippen LogP contribution in [-0.2, 0) is 16.6 Å². The van der Waals surface area contributed by atoms with Crippen molar-refractivity contribution in [1.82, 2.24) is 14.3 Å². The molecule has 120 valence electrons. The average molecular weight is 332 g/mol. The molecule has 1 aliphatic heterocycles. The molecule has 0 radical (unpaired) electrons. The van der Waals surface area contributed by atoms with E-state index in [0.717, 1.165) is 32.4 Å². The molecule has 2 rings (SSSR count). The van der Waals surface area contributed by atoms with Crippen LogP contribution in [0.15, 0.2) is 16.8 Å². The summed E-state index contributed by atoms with van der Waals surface area (Å²) in [4.78, 5) is 0. The van der Waals surface area contributed by atoms with Gasteiger partial charge in [0.15, 0.2) is 0 Å². The number of hydrogen-bond acceptors (Lipinski definition) is 4. The molecule has 1 aromatic heterocycles. The van der Waals surface area contributed by atoms with Crippen molar-refractivity contribution in [2.45, 2.75) is 26.2 Å². The Balaban J connectivity index is 1.73. The summed E-state index contributed by atoms with van der Waals surface area (Å²) >= 11 is 1.64. The second-order valence-corrected chi connectivity index (χ2v) is 7.97. The van der Waals surface area contributed by atoms with Crippen molar-refractivity contribution in [3.05, 3.63) is 22.4 Å². The first-order chi connectivity index (χ1) is 10.1. The fraction of sp³-hybridized carbons (Fsp3) is 0.714. The molecule has 1 saturated heterocycles. The summed E-state index contributed by atoms with van der Waals surface area (Å²) in [7, 11) is -3.31. The lowest BCUT2D eigenvalue weighted by Gasteiger charge is -2.31. The van der Waals surface area contributed by atoms with E-state index in [0.29, 0.717) is 25.6 Å². The predicted molar refractivity (Wildman–Crippen MR) is 87.8 cm³/mol. The monoisotopic (exact) mass is 331 g/mol. The van der Waals surface area contributed by atoms with Crippen LogP contribution in [0.25, 0.3) is 0 Å². The minimum Gasteiger partial charge on any atom is -0.317 e. The zero-order chi connectivity index (χ0) is 15.1. The second-order valence-electron chi connectivity index (χ2n) is 5.43. The Labute approximate surface area is 131 Å². The fourth-order valence-electron chi connectivity index (χ4n) is 2.55. The van der Waals surface area contributed by atoms with Gasteiger partial charge in [-0.2, -0.15) is 24.1 Å². The summed E-state index contributed by atoms with van der Waals surface area (Å²) in [6.45, 7) is 5.79. The number of thiophene rings is 1. The van der Waals surface area contributed by atoms with E-state index in [4.69, 9.17) is 0 Å². The van der Waals surface area contributed by atoms with Crippen LogP contribution in [0, 0.1) is 5.92 Å². The maximum atomic E-state index is 12.2. The van der Waals surface area contributed by atoms with Gasteiger partial charge in [-0.15, -0.1) is 0 Å². The average Bonchev–Trinajstić information content (AvgIpc) is 2.98. The van der Waals surface area contributed by atoms with Gasteiger partial charge in [-0.05, 0) is 60.7 Å². The van der Waals surface area contributed by atoms with Gasteiger partial charge in [-0.25, -0.2) is 4.72 Å². The van der Waals surface area contributed by atoms with Crippen molar-refractivity contribution in [1.29, 1.82) is 0 Å². The van der Waals surface area contributed by atoms with Gasteiger partial charge in [0.1, 0.15) is 0 Å². The van der Waals surface area contributed by atoms with Gasteiger partial charge in [-0.3, -0.25) is 0 Å². The minimum atomic E-state index is -3.31. The highest BCUT2D eigenvalue weighted by atomic mass is 32.2. The first-order valence-electron chi connectivity index (χ1n) is 7.58. The van der Waals surface area contributed by atoms with Crippen LogP contribution in [0.5, 0.6) is 0 Å². The zero-order valence-electron chi connectivity index (χ0n) is 12.5. The molecule has 2 heterocycles. The Kier molecular flexibility index (Phi) is 6.63. The lowest BCUT2D eigenvalue weighted by Crippen LogP contribution is -2.46. The van der Waals surface area contributed by atoms with E-state index < -0.39 is 10.2 Å². The Morgan fingerprint density at radius 1 is 1.38 bits per heavy atom. The molecule has 0 aliphatic carbocycles. The van der Waals surface area contributed by atoms with E-state index in [1.165, 1.54) is 5.56 Å². The maximum absolute atomic E-state index is 12.2. The maximum Gasteiger partial charge on any atom is 0.279 e. The van der Waals surface area contributed by atoms with Gasteiger partial charge in [0.25, 0.3) is 10.2 Å². The summed E-state index contributed by atoms with van der Waals surface area (Å²) in [5.41, 5.74) is 1.19. The molecule has 21 heavy (non-hydrogen) atoms. The van der Waals surface area contributed by atoms with E-state index in [1.807, 2.05) is 11.4 Å². The Bertz CT molecular complexity index is 494.